The number of benzene rings is 1. The number of hydrogen-bond donors (Lipinski definition) is 0. The summed E-state index contributed by atoms with van der Waals surface area (Å²) in [6, 6.07) is 6.88. The summed E-state index contributed by atoms with van der Waals surface area (Å²) in [7, 11) is 0. The topological polar surface area (TPSA) is 69.6 Å². The Morgan fingerprint density at radius 2 is 2.04 bits per heavy atom. The van der Waals surface area contributed by atoms with Crippen molar-refractivity contribution in [2.45, 2.75) is 6.54 Å². The number of nitrogens with zero attached hydrogens (tertiary/aromatic N) is 5. The maximum Gasteiger partial charge on any atom is 0.182 e. The number of fused-ring (bicyclic) bond motifs is 1. The SMILES string of the molecule is Fc1ccc(Cn2nnc3c(-c4ccco4)ncnc32)c(F)c1. The second-order valence-corrected chi connectivity index (χ2v) is 4.85. The van der Waals surface area contributed by atoms with Crippen molar-refractivity contribution in [3.8, 4) is 11.5 Å². The zero-order chi connectivity index (χ0) is 15.8. The van der Waals surface area contributed by atoms with E-state index < -0.39 is 11.6 Å². The van der Waals surface area contributed by atoms with Crippen LogP contribution in [0.5, 0.6) is 0 Å². The van der Waals surface area contributed by atoms with Gasteiger partial charge in [0.05, 0.1) is 12.8 Å². The summed E-state index contributed by atoms with van der Waals surface area (Å²) >= 11 is 0. The first-order valence-corrected chi connectivity index (χ1v) is 6.74. The summed E-state index contributed by atoms with van der Waals surface area (Å²) < 4.78 is 33.5. The van der Waals surface area contributed by atoms with Crippen LogP contribution in [-0.2, 0) is 6.54 Å². The van der Waals surface area contributed by atoms with E-state index in [9.17, 15) is 8.78 Å². The van der Waals surface area contributed by atoms with E-state index in [-0.39, 0.29) is 12.1 Å². The molecule has 23 heavy (non-hydrogen) atoms. The van der Waals surface area contributed by atoms with E-state index in [1.807, 2.05) is 0 Å². The molecular formula is C15H9F2N5O. The summed E-state index contributed by atoms with van der Waals surface area (Å²) in [5, 5.41) is 8.04. The summed E-state index contributed by atoms with van der Waals surface area (Å²) in [6.45, 7) is 0.0806. The Kier molecular flexibility index (Phi) is 3.07. The Hall–Kier alpha value is -3.16. The van der Waals surface area contributed by atoms with E-state index in [0.717, 1.165) is 6.07 Å². The fourth-order valence-electron chi connectivity index (χ4n) is 2.30. The minimum absolute atomic E-state index is 0.0806. The lowest BCUT2D eigenvalue weighted by molar-refractivity contribution is 0.557. The number of aromatic nitrogens is 5. The molecule has 0 N–H and O–H groups in total. The van der Waals surface area contributed by atoms with Gasteiger partial charge in [0.1, 0.15) is 23.7 Å². The number of hydrogen-bond acceptors (Lipinski definition) is 5. The van der Waals surface area contributed by atoms with E-state index in [1.165, 1.54) is 29.4 Å². The highest BCUT2D eigenvalue weighted by atomic mass is 19.1. The summed E-state index contributed by atoms with van der Waals surface area (Å²) in [5.74, 6) is -0.733. The number of halogens is 2. The average Bonchev–Trinajstić information content (AvgIpc) is 3.20. The van der Waals surface area contributed by atoms with Gasteiger partial charge >= 0.3 is 0 Å². The van der Waals surface area contributed by atoms with Crippen LogP contribution in [0.2, 0.25) is 0 Å². The molecule has 0 atom stereocenters. The van der Waals surface area contributed by atoms with Crippen LogP contribution in [0.25, 0.3) is 22.6 Å². The predicted molar refractivity (Wildman–Crippen MR) is 76.3 cm³/mol. The third kappa shape index (κ3) is 2.33. The van der Waals surface area contributed by atoms with Gasteiger partial charge in [0.2, 0.25) is 0 Å². The van der Waals surface area contributed by atoms with Crippen LogP contribution < -0.4 is 0 Å². The molecule has 0 unspecified atom stereocenters. The summed E-state index contributed by atoms with van der Waals surface area (Å²) in [6.07, 6.45) is 2.89. The van der Waals surface area contributed by atoms with Gasteiger partial charge in [0, 0.05) is 11.6 Å². The van der Waals surface area contributed by atoms with Crippen LogP contribution in [0.4, 0.5) is 8.78 Å². The Bertz CT molecular complexity index is 981. The van der Waals surface area contributed by atoms with Crippen LogP contribution in [0, 0.1) is 11.6 Å². The van der Waals surface area contributed by atoms with Gasteiger partial charge < -0.3 is 4.42 Å². The van der Waals surface area contributed by atoms with E-state index in [1.54, 1.807) is 12.1 Å². The van der Waals surface area contributed by atoms with Gasteiger partial charge in [-0.3, -0.25) is 0 Å². The predicted octanol–water partition coefficient (Wildman–Crippen LogP) is 2.81. The Morgan fingerprint density at radius 1 is 1.13 bits per heavy atom. The van der Waals surface area contributed by atoms with Crippen molar-refractivity contribution in [1.29, 1.82) is 0 Å². The van der Waals surface area contributed by atoms with Crippen LogP contribution in [0.1, 0.15) is 5.56 Å². The van der Waals surface area contributed by atoms with Crippen molar-refractivity contribution in [1.82, 2.24) is 25.0 Å². The summed E-state index contributed by atoms with van der Waals surface area (Å²) in [4.78, 5) is 8.30. The van der Waals surface area contributed by atoms with Crippen LogP contribution in [0.15, 0.2) is 47.3 Å². The van der Waals surface area contributed by atoms with Crippen LogP contribution in [-0.4, -0.2) is 25.0 Å². The minimum atomic E-state index is -0.644. The molecule has 0 saturated heterocycles. The van der Waals surface area contributed by atoms with Gasteiger partial charge in [-0.05, 0) is 18.2 Å². The highest BCUT2D eigenvalue weighted by Gasteiger charge is 2.16. The zero-order valence-corrected chi connectivity index (χ0v) is 11.6. The third-order valence-electron chi connectivity index (χ3n) is 3.39. The maximum atomic E-state index is 13.8. The molecule has 3 aromatic heterocycles. The quantitative estimate of drug-likeness (QED) is 0.581. The normalized spacial score (nSPS) is 11.2. The third-order valence-corrected chi connectivity index (χ3v) is 3.39. The fraction of sp³-hybridized carbons (Fsp3) is 0.0667. The highest BCUT2D eigenvalue weighted by Crippen LogP contribution is 2.24. The number of furan rings is 1. The van der Waals surface area contributed by atoms with Crippen LogP contribution in [0.3, 0.4) is 0 Å². The Balaban J connectivity index is 1.79. The van der Waals surface area contributed by atoms with Gasteiger partial charge in [-0.15, -0.1) is 5.10 Å². The van der Waals surface area contributed by atoms with E-state index >= 15 is 0 Å². The van der Waals surface area contributed by atoms with Crippen molar-refractivity contribution < 1.29 is 13.2 Å². The molecule has 0 spiro atoms. The number of rotatable bonds is 3. The molecular weight excluding hydrogens is 304 g/mol. The first-order chi connectivity index (χ1) is 11.2. The molecule has 0 radical (unpaired) electrons. The molecule has 6 nitrogen and oxygen atoms in total. The standard InChI is InChI=1S/C15H9F2N5O/c16-10-4-3-9(11(17)6-10)7-22-15-14(20-21-22)13(18-8-19-15)12-2-1-5-23-12/h1-6,8H,7H2. The van der Waals surface area contributed by atoms with E-state index in [4.69, 9.17) is 4.42 Å². The van der Waals surface area contributed by atoms with Crippen molar-refractivity contribution in [3.63, 3.8) is 0 Å². The second-order valence-electron chi connectivity index (χ2n) is 4.85. The Labute approximate surface area is 128 Å². The molecule has 0 amide bonds. The molecule has 0 fully saturated rings. The molecule has 0 aliphatic carbocycles. The first-order valence-electron chi connectivity index (χ1n) is 6.74. The van der Waals surface area contributed by atoms with Gasteiger partial charge in [0.25, 0.3) is 0 Å². The summed E-state index contributed by atoms with van der Waals surface area (Å²) in [5.41, 5.74) is 1.68. The molecule has 8 heteroatoms. The second kappa shape index (κ2) is 5.24. The molecule has 0 aliphatic heterocycles. The lowest BCUT2D eigenvalue weighted by Gasteiger charge is -2.04. The van der Waals surface area contributed by atoms with Gasteiger partial charge in [0.15, 0.2) is 16.9 Å². The van der Waals surface area contributed by atoms with Gasteiger partial charge in [-0.25, -0.2) is 23.4 Å². The molecule has 0 aliphatic rings. The lowest BCUT2D eigenvalue weighted by Crippen LogP contribution is -2.05. The van der Waals surface area contributed by atoms with Crippen molar-refractivity contribution >= 4 is 11.2 Å². The molecule has 0 bridgehead atoms. The monoisotopic (exact) mass is 313 g/mol. The molecule has 114 valence electrons. The van der Waals surface area contributed by atoms with Crippen molar-refractivity contribution in [3.05, 3.63) is 60.1 Å². The maximum absolute atomic E-state index is 13.8. The zero-order valence-electron chi connectivity index (χ0n) is 11.6. The molecule has 3 heterocycles. The van der Waals surface area contributed by atoms with Crippen LogP contribution >= 0.6 is 0 Å². The van der Waals surface area contributed by atoms with Crippen molar-refractivity contribution in [2.24, 2.45) is 0 Å². The fourth-order valence-corrected chi connectivity index (χ4v) is 2.30. The highest BCUT2D eigenvalue weighted by molar-refractivity contribution is 5.84. The largest absolute Gasteiger partial charge is 0.463 e. The minimum Gasteiger partial charge on any atom is -0.463 e. The first kappa shape index (κ1) is 13.5. The van der Waals surface area contributed by atoms with Gasteiger partial charge in [-0.2, -0.15) is 0 Å². The van der Waals surface area contributed by atoms with Crippen molar-refractivity contribution in [2.75, 3.05) is 0 Å². The molecule has 1 aromatic carbocycles. The van der Waals surface area contributed by atoms with E-state index in [0.29, 0.717) is 22.6 Å². The molecule has 0 saturated carbocycles. The molecule has 4 rings (SSSR count). The average molecular weight is 313 g/mol. The smallest absolute Gasteiger partial charge is 0.182 e. The van der Waals surface area contributed by atoms with E-state index in [2.05, 4.69) is 20.3 Å². The Morgan fingerprint density at radius 3 is 2.83 bits per heavy atom. The lowest BCUT2D eigenvalue weighted by atomic mass is 10.2. The molecule has 4 aromatic rings. The van der Waals surface area contributed by atoms with Gasteiger partial charge in [-0.1, -0.05) is 11.3 Å².